The van der Waals surface area contributed by atoms with Crippen molar-refractivity contribution in [3.63, 3.8) is 0 Å². The third-order valence-corrected chi connectivity index (χ3v) is 4.35. The van der Waals surface area contributed by atoms with Crippen LogP contribution in [-0.4, -0.2) is 20.7 Å². The number of carbonyl (C=O) groups excluding carboxylic acids is 1. The van der Waals surface area contributed by atoms with E-state index in [4.69, 9.17) is 11.6 Å². The number of aromatic nitrogens is 3. The Morgan fingerprint density at radius 2 is 2.13 bits per heavy atom. The second-order valence-corrected chi connectivity index (χ2v) is 6.38. The van der Waals surface area contributed by atoms with Crippen molar-refractivity contribution in [2.45, 2.75) is 6.54 Å². The van der Waals surface area contributed by atoms with Crippen LogP contribution in [0.2, 0.25) is 5.02 Å². The molecule has 0 fully saturated rings. The molecule has 0 saturated heterocycles. The highest BCUT2D eigenvalue weighted by Crippen LogP contribution is 2.18. The Kier molecular flexibility index (Phi) is 4.92. The van der Waals surface area contributed by atoms with E-state index in [2.05, 4.69) is 38.0 Å². The van der Waals surface area contributed by atoms with Crippen molar-refractivity contribution in [2.24, 2.45) is 0 Å². The molecule has 0 aliphatic heterocycles. The molecule has 0 aliphatic carbocycles. The summed E-state index contributed by atoms with van der Waals surface area (Å²) in [5.41, 5.74) is 1.51. The fraction of sp³-hybridized carbons (Fsp3) is 0.0625. The van der Waals surface area contributed by atoms with Gasteiger partial charge in [0.25, 0.3) is 5.91 Å². The highest BCUT2D eigenvalue weighted by Gasteiger charge is 2.10. The molecule has 2 heterocycles. The molecule has 3 rings (SSSR count). The Morgan fingerprint density at radius 3 is 2.91 bits per heavy atom. The molecule has 0 aliphatic rings. The average Bonchev–Trinajstić information content (AvgIpc) is 3.10. The van der Waals surface area contributed by atoms with Crippen molar-refractivity contribution in [1.82, 2.24) is 20.1 Å². The Bertz CT molecular complexity index is 836. The summed E-state index contributed by atoms with van der Waals surface area (Å²) in [5.74, 6) is 0.549. The molecular formula is C16H12ClIN4O. The summed E-state index contributed by atoms with van der Waals surface area (Å²) < 4.78 is 2.53. The monoisotopic (exact) mass is 438 g/mol. The van der Waals surface area contributed by atoms with Crippen LogP contribution in [0.3, 0.4) is 0 Å². The van der Waals surface area contributed by atoms with Crippen LogP contribution in [0, 0.1) is 3.57 Å². The van der Waals surface area contributed by atoms with E-state index in [9.17, 15) is 4.79 Å². The number of carbonyl (C=O) groups is 1. The molecule has 3 aromatic rings. The molecule has 0 atom stereocenters. The Morgan fingerprint density at radius 1 is 1.26 bits per heavy atom. The summed E-state index contributed by atoms with van der Waals surface area (Å²) in [6, 6.07) is 10.8. The van der Waals surface area contributed by atoms with Gasteiger partial charge in [0.15, 0.2) is 5.82 Å². The molecule has 1 amide bonds. The number of nitrogens with one attached hydrogen (secondary N) is 1. The lowest BCUT2D eigenvalue weighted by molar-refractivity contribution is 0.0950. The van der Waals surface area contributed by atoms with Crippen molar-refractivity contribution in [3.05, 3.63) is 74.7 Å². The predicted molar refractivity (Wildman–Crippen MR) is 96.7 cm³/mol. The summed E-state index contributed by atoms with van der Waals surface area (Å²) >= 11 is 8.07. The van der Waals surface area contributed by atoms with E-state index in [0.717, 1.165) is 9.13 Å². The molecule has 2 aromatic heterocycles. The first kappa shape index (κ1) is 15.9. The Hall–Kier alpha value is -1.93. The number of rotatable bonds is 4. The van der Waals surface area contributed by atoms with Crippen LogP contribution >= 0.6 is 34.2 Å². The molecule has 116 valence electrons. The highest BCUT2D eigenvalue weighted by atomic mass is 127. The maximum Gasteiger partial charge on any atom is 0.252 e. The lowest BCUT2D eigenvalue weighted by Gasteiger charge is -2.08. The highest BCUT2D eigenvalue weighted by molar-refractivity contribution is 14.1. The van der Waals surface area contributed by atoms with Gasteiger partial charge in [-0.05, 0) is 64.6 Å². The number of amides is 1. The summed E-state index contributed by atoms with van der Waals surface area (Å²) in [6.07, 6.45) is 5.21. The van der Waals surface area contributed by atoms with Gasteiger partial charge in [-0.3, -0.25) is 4.79 Å². The Labute approximate surface area is 151 Å². The third-order valence-electron chi connectivity index (χ3n) is 3.18. The molecule has 0 radical (unpaired) electrons. The van der Waals surface area contributed by atoms with E-state index in [1.165, 1.54) is 0 Å². The van der Waals surface area contributed by atoms with Gasteiger partial charge in [-0.25, -0.2) is 9.67 Å². The zero-order valence-electron chi connectivity index (χ0n) is 11.9. The van der Waals surface area contributed by atoms with E-state index in [1.807, 2.05) is 30.5 Å². The van der Waals surface area contributed by atoms with Gasteiger partial charge < -0.3 is 5.32 Å². The molecule has 0 spiro atoms. The van der Waals surface area contributed by atoms with Gasteiger partial charge >= 0.3 is 0 Å². The number of hydrogen-bond donors (Lipinski definition) is 1. The van der Waals surface area contributed by atoms with Crippen LogP contribution in [0.5, 0.6) is 0 Å². The molecule has 0 saturated carbocycles. The topological polar surface area (TPSA) is 59.8 Å². The molecule has 1 N–H and O–H groups in total. The van der Waals surface area contributed by atoms with Crippen molar-refractivity contribution >= 4 is 40.1 Å². The van der Waals surface area contributed by atoms with E-state index < -0.39 is 0 Å². The molecular weight excluding hydrogens is 427 g/mol. The molecule has 0 bridgehead atoms. The maximum absolute atomic E-state index is 12.3. The quantitative estimate of drug-likeness (QED) is 0.635. The van der Waals surface area contributed by atoms with Gasteiger partial charge in [-0.15, -0.1) is 0 Å². The Balaban J connectivity index is 1.72. The fourth-order valence-electron chi connectivity index (χ4n) is 2.05. The second kappa shape index (κ2) is 7.10. The van der Waals surface area contributed by atoms with Crippen molar-refractivity contribution in [2.75, 3.05) is 0 Å². The molecule has 7 heteroatoms. The third kappa shape index (κ3) is 3.89. The minimum Gasteiger partial charge on any atom is -0.348 e. The van der Waals surface area contributed by atoms with Crippen molar-refractivity contribution in [1.29, 1.82) is 0 Å². The summed E-state index contributed by atoms with van der Waals surface area (Å²) in [7, 11) is 0. The lowest BCUT2D eigenvalue weighted by Crippen LogP contribution is -2.23. The largest absolute Gasteiger partial charge is 0.348 e. The fourth-order valence-corrected chi connectivity index (χ4v) is 2.80. The zero-order valence-corrected chi connectivity index (χ0v) is 14.8. The molecule has 1 aromatic carbocycles. The lowest BCUT2D eigenvalue weighted by atomic mass is 10.2. The first-order chi connectivity index (χ1) is 11.1. The molecule has 23 heavy (non-hydrogen) atoms. The van der Waals surface area contributed by atoms with E-state index in [-0.39, 0.29) is 5.91 Å². The van der Waals surface area contributed by atoms with Crippen molar-refractivity contribution < 1.29 is 4.79 Å². The maximum atomic E-state index is 12.3. The number of hydrogen-bond acceptors (Lipinski definition) is 3. The minimum atomic E-state index is -0.158. The van der Waals surface area contributed by atoms with Crippen LogP contribution in [0.25, 0.3) is 5.82 Å². The standard InChI is InChI=1S/C16H12ClIN4O/c17-12-2-3-14(18)13(9-12)16(23)20-10-11-4-6-19-15(8-11)22-7-1-5-21-22/h1-9H,10H2,(H,20,23). The van der Waals surface area contributed by atoms with Gasteiger partial charge in [0, 0.05) is 33.7 Å². The van der Waals surface area contributed by atoms with Crippen LogP contribution < -0.4 is 5.32 Å². The van der Waals surface area contributed by atoms with Gasteiger partial charge in [0.2, 0.25) is 0 Å². The van der Waals surface area contributed by atoms with Gasteiger partial charge in [0.05, 0.1) is 5.56 Å². The predicted octanol–water partition coefficient (Wildman–Crippen LogP) is 3.46. The van der Waals surface area contributed by atoms with E-state index in [1.54, 1.807) is 29.2 Å². The number of benzene rings is 1. The molecule has 5 nitrogen and oxygen atoms in total. The minimum absolute atomic E-state index is 0.158. The summed E-state index contributed by atoms with van der Waals surface area (Å²) in [6.45, 7) is 0.401. The van der Waals surface area contributed by atoms with E-state index in [0.29, 0.717) is 22.9 Å². The summed E-state index contributed by atoms with van der Waals surface area (Å²) in [4.78, 5) is 16.6. The number of pyridine rings is 1. The SMILES string of the molecule is O=C(NCc1ccnc(-n2cccn2)c1)c1cc(Cl)ccc1I. The average molecular weight is 439 g/mol. The number of nitrogens with zero attached hydrogens (tertiary/aromatic N) is 3. The van der Waals surface area contributed by atoms with E-state index >= 15 is 0 Å². The molecule has 0 unspecified atom stereocenters. The van der Waals surface area contributed by atoms with Crippen molar-refractivity contribution in [3.8, 4) is 5.82 Å². The first-order valence-electron chi connectivity index (χ1n) is 6.82. The summed E-state index contributed by atoms with van der Waals surface area (Å²) in [5, 5.41) is 7.58. The van der Waals surface area contributed by atoms with Gasteiger partial charge in [-0.1, -0.05) is 11.6 Å². The van der Waals surface area contributed by atoms with Crippen LogP contribution in [0.1, 0.15) is 15.9 Å². The number of halogens is 2. The zero-order chi connectivity index (χ0) is 16.2. The normalized spacial score (nSPS) is 10.5. The smallest absolute Gasteiger partial charge is 0.252 e. The van der Waals surface area contributed by atoms with Gasteiger partial charge in [0.1, 0.15) is 0 Å². The second-order valence-electron chi connectivity index (χ2n) is 4.78. The van der Waals surface area contributed by atoms with Crippen LogP contribution in [0.15, 0.2) is 55.0 Å². The first-order valence-corrected chi connectivity index (χ1v) is 8.27. The van der Waals surface area contributed by atoms with Crippen LogP contribution in [0.4, 0.5) is 0 Å². The van der Waals surface area contributed by atoms with Gasteiger partial charge in [-0.2, -0.15) is 5.10 Å². The van der Waals surface area contributed by atoms with Crippen LogP contribution in [-0.2, 0) is 6.54 Å².